The summed E-state index contributed by atoms with van der Waals surface area (Å²) in [5.74, 6) is -0.227. The van der Waals surface area contributed by atoms with Gasteiger partial charge >= 0.3 is 0 Å². The number of nitrogens with zero attached hydrogens (tertiary/aromatic N) is 1. The molecule has 0 N–H and O–H groups in total. The Labute approximate surface area is 165 Å². The SMILES string of the molecule is Cl.O=S(=O)(c1ccccc1Cl)C1CCN(CCc2ccc(F)cc2)CC1. The van der Waals surface area contributed by atoms with E-state index in [2.05, 4.69) is 4.90 Å². The summed E-state index contributed by atoms with van der Waals surface area (Å²) in [6.07, 6.45) is 2.05. The summed E-state index contributed by atoms with van der Waals surface area (Å²) >= 11 is 6.07. The van der Waals surface area contributed by atoms with Crippen LogP contribution in [0.5, 0.6) is 0 Å². The molecule has 1 heterocycles. The van der Waals surface area contributed by atoms with Gasteiger partial charge in [0.15, 0.2) is 9.84 Å². The molecule has 142 valence electrons. The van der Waals surface area contributed by atoms with Crippen molar-refractivity contribution in [1.29, 1.82) is 0 Å². The van der Waals surface area contributed by atoms with Crippen LogP contribution in [0.4, 0.5) is 4.39 Å². The monoisotopic (exact) mass is 417 g/mol. The van der Waals surface area contributed by atoms with Crippen LogP contribution < -0.4 is 0 Å². The Hall–Kier alpha value is -1.14. The summed E-state index contributed by atoms with van der Waals surface area (Å²) in [4.78, 5) is 2.50. The van der Waals surface area contributed by atoms with E-state index < -0.39 is 9.84 Å². The quantitative estimate of drug-likeness (QED) is 0.723. The number of halogens is 3. The minimum Gasteiger partial charge on any atom is -0.303 e. The van der Waals surface area contributed by atoms with Crippen LogP contribution in [0.1, 0.15) is 18.4 Å². The standard InChI is InChI=1S/C19H21ClFNO2S.ClH/c20-18-3-1-2-4-19(18)25(23,24)17-10-13-22(14-11-17)12-9-15-5-7-16(21)8-6-15;/h1-8,17H,9-14H2;1H. The number of likely N-dealkylation sites (tertiary alicyclic amines) is 1. The van der Waals surface area contributed by atoms with Gasteiger partial charge in [0.1, 0.15) is 5.82 Å². The minimum atomic E-state index is -3.39. The molecule has 0 unspecified atom stereocenters. The van der Waals surface area contributed by atoms with Gasteiger partial charge in [-0.1, -0.05) is 35.9 Å². The topological polar surface area (TPSA) is 37.4 Å². The van der Waals surface area contributed by atoms with Crippen LogP contribution in [0.2, 0.25) is 5.02 Å². The van der Waals surface area contributed by atoms with Crippen LogP contribution >= 0.6 is 24.0 Å². The number of sulfone groups is 1. The molecule has 1 saturated heterocycles. The second-order valence-electron chi connectivity index (χ2n) is 6.39. The minimum absolute atomic E-state index is 0. The Bertz CT molecular complexity index is 820. The van der Waals surface area contributed by atoms with Crippen molar-refractivity contribution in [3.05, 3.63) is 64.9 Å². The lowest BCUT2D eigenvalue weighted by molar-refractivity contribution is 0.232. The van der Waals surface area contributed by atoms with Crippen molar-refractivity contribution >= 4 is 33.8 Å². The maximum absolute atomic E-state index is 12.9. The van der Waals surface area contributed by atoms with Gasteiger partial charge in [0.05, 0.1) is 15.2 Å². The molecule has 3 rings (SSSR count). The molecule has 0 atom stereocenters. The molecule has 0 saturated carbocycles. The van der Waals surface area contributed by atoms with Crippen molar-refractivity contribution in [3.63, 3.8) is 0 Å². The number of hydrogen-bond donors (Lipinski definition) is 0. The number of piperidine rings is 1. The Morgan fingerprint density at radius 1 is 1.04 bits per heavy atom. The number of benzene rings is 2. The van der Waals surface area contributed by atoms with Gasteiger partial charge in [0, 0.05) is 6.54 Å². The summed E-state index contributed by atoms with van der Waals surface area (Å²) in [5, 5.41) is -0.0873. The summed E-state index contributed by atoms with van der Waals surface area (Å²) < 4.78 is 38.5. The molecular weight excluding hydrogens is 396 g/mol. The molecule has 0 amide bonds. The molecule has 0 bridgehead atoms. The molecule has 1 fully saturated rings. The first-order chi connectivity index (χ1) is 12.0. The molecule has 0 spiro atoms. The lowest BCUT2D eigenvalue weighted by atomic mass is 10.1. The summed E-state index contributed by atoms with van der Waals surface area (Å²) in [6.45, 7) is 2.34. The zero-order chi connectivity index (χ0) is 17.9. The van der Waals surface area contributed by atoms with E-state index in [0.29, 0.717) is 17.9 Å². The van der Waals surface area contributed by atoms with E-state index in [1.165, 1.54) is 12.1 Å². The first-order valence-corrected chi connectivity index (χ1v) is 10.3. The highest BCUT2D eigenvalue weighted by molar-refractivity contribution is 7.92. The van der Waals surface area contributed by atoms with Crippen molar-refractivity contribution in [3.8, 4) is 0 Å². The lowest BCUT2D eigenvalue weighted by Crippen LogP contribution is -2.40. The van der Waals surface area contributed by atoms with E-state index in [1.807, 2.05) is 0 Å². The Kier molecular flexibility index (Phi) is 7.47. The van der Waals surface area contributed by atoms with Crippen molar-refractivity contribution in [2.45, 2.75) is 29.4 Å². The predicted octanol–water partition coefficient (Wildman–Crippen LogP) is 4.38. The molecule has 7 heteroatoms. The van der Waals surface area contributed by atoms with Gasteiger partial charge in [0.25, 0.3) is 0 Å². The average Bonchev–Trinajstić information content (AvgIpc) is 2.62. The van der Waals surface area contributed by atoms with Crippen LogP contribution in [-0.4, -0.2) is 38.2 Å². The smallest absolute Gasteiger partial charge is 0.182 e. The van der Waals surface area contributed by atoms with Crippen LogP contribution in [0.25, 0.3) is 0 Å². The van der Waals surface area contributed by atoms with E-state index in [0.717, 1.165) is 31.6 Å². The fraction of sp³-hybridized carbons (Fsp3) is 0.368. The van der Waals surface area contributed by atoms with E-state index in [9.17, 15) is 12.8 Å². The van der Waals surface area contributed by atoms with E-state index in [-0.39, 0.29) is 28.4 Å². The fourth-order valence-corrected chi connectivity index (χ4v) is 5.49. The van der Waals surface area contributed by atoms with Gasteiger partial charge in [-0.2, -0.15) is 0 Å². The highest BCUT2D eigenvalue weighted by atomic mass is 35.5. The van der Waals surface area contributed by atoms with E-state index in [4.69, 9.17) is 11.6 Å². The molecule has 3 nitrogen and oxygen atoms in total. The van der Waals surface area contributed by atoms with Crippen LogP contribution in [0.3, 0.4) is 0 Å². The van der Waals surface area contributed by atoms with Crippen molar-refractivity contribution in [1.82, 2.24) is 4.90 Å². The average molecular weight is 418 g/mol. The molecule has 1 aliphatic rings. The van der Waals surface area contributed by atoms with E-state index >= 15 is 0 Å². The molecular formula is C19H22Cl2FNO2S. The second-order valence-corrected chi connectivity index (χ2v) is 9.00. The summed E-state index contributed by atoms with van der Waals surface area (Å²) in [5.41, 5.74) is 1.09. The second kappa shape index (κ2) is 9.18. The first-order valence-electron chi connectivity index (χ1n) is 8.42. The zero-order valence-corrected chi connectivity index (χ0v) is 16.7. The largest absolute Gasteiger partial charge is 0.303 e. The number of rotatable bonds is 5. The normalized spacial score (nSPS) is 16.2. The number of hydrogen-bond acceptors (Lipinski definition) is 3. The van der Waals surface area contributed by atoms with Gasteiger partial charge in [-0.15, -0.1) is 12.4 Å². The van der Waals surface area contributed by atoms with Gasteiger partial charge in [0.2, 0.25) is 0 Å². The highest BCUT2D eigenvalue weighted by Crippen LogP contribution is 2.29. The molecule has 0 aliphatic carbocycles. The Balaban J connectivity index is 0.00000243. The summed E-state index contributed by atoms with van der Waals surface area (Å²) in [6, 6.07) is 13.2. The van der Waals surface area contributed by atoms with E-state index in [1.54, 1.807) is 36.4 Å². The van der Waals surface area contributed by atoms with Crippen LogP contribution in [0.15, 0.2) is 53.4 Å². The zero-order valence-electron chi connectivity index (χ0n) is 14.3. The van der Waals surface area contributed by atoms with Crippen molar-refractivity contribution in [2.24, 2.45) is 0 Å². The summed E-state index contributed by atoms with van der Waals surface area (Å²) in [7, 11) is -3.39. The van der Waals surface area contributed by atoms with Gasteiger partial charge in [-0.3, -0.25) is 0 Å². The highest BCUT2D eigenvalue weighted by Gasteiger charge is 2.32. The van der Waals surface area contributed by atoms with Gasteiger partial charge in [-0.25, -0.2) is 12.8 Å². The molecule has 0 aromatic heterocycles. The lowest BCUT2D eigenvalue weighted by Gasteiger charge is -2.31. The Morgan fingerprint density at radius 3 is 2.27 bits per heavy atom. The van der Waals surface area contributed by atoms with Crippen molar-refractivity contribution in [2.75, 3.05) is 19.6 Å². The third kappa shape index (κ3) is 4.97. The maximum Gasteiger partial charge on any atom is 0.182 e. The maximum atomic E-state index is 12.9. The third-order valence-corrected chi connectivity index (χ3v) is 7.51. The molecule has 1 aliphatic heterocycles. The fourth-order valence-electron chi connectivity index (χ4n) is 3.24. The van der Waals surface area contributed by atoms with Gasteiger partial charge < -0.3 is 4.90 Å². The molecule has 2 aromatic rings. The third-order valence-electron chi connectivity index (χ3n) is 4.75. The van der Waals surface area contributed by atoms with Crippen LogP contribution in [-0.2, 0) is 16.3 Å². The molecule has 0 radical (unpaired) electrons. The Morgan fingerprint density at radius 2 is 1.65 bits per heavy atom. The predicted molar refractivity (Wildman–Crippen MR) is 105 cm³/mol. The first kappa shape index (κ1) is 21.2. The molecule has 2 aromatic carbocycles. The van der Waals surface area contributed by atoms with Gasteiger partial charge in [-0.05, 0) is 62.2 Å². The van der Waals surface area contributed by atoms with Crippen molar-refractivity contribution < 1.29 is 12.8 Å². The molecule has 26 heavy (non-hydrogen) atoms. The van der Waals surface area contributed by atoms with Crippen LogP contribution in [0, 0.1) is 5.82 Å².